The van der Waals surface area contributed by atoms with Gasteiger partial charge in [0.2, 0.25) is 5.91 Å². The van der Waals surface area contributed by atoms with Crippen LogP contribution in [-0.4, -0.2) is 32.7 Å². The van der Waals surface area contributed by atoms with Gasteiger partial charge in [-0.3, -0.25) is 9.69 Å². The minimum atomic E-state index is -0.351. The van der Waals surface area contributed by atoms with E-state index in [1.54, 1.807) is 27.8 Å². The molecule has 0 saturated carbocycles. The number of aromatic nitrogens is 4. The Morgan fingerprint density at radius 3 is 2.37 bits per heavy atom. The lowest BCUT2D eigenvalue weighted by molar-refractivity contribution is -0.119. The van der Waals surface area contributed by atoms with Crippen LogP contribution in [0.15, 0.2) is 78.9 Å². The van der Waals surface area contributed by atoms with Crippen LogP contribution in [0.3, 0.4) is 0 Å². The van der Waals surface area contributed by atoms with E-state index < -0.39 is 0 Å². The number of benzene rings is 3. The summed E-state index contributed by atoms with van der Waals surface area (Å²) in [5, 5.41) is 15.2. The Kier molecular flexibility index (Phi) is 6.10. The van der Waals surface area contributed by atoms with E-state index in [1.807, 2.05) is 38.1 Å². The highest BCUT2D eigenvalue weighted by Crippen LogP contribution is 2.36. The first-order valence-electron chi connectivity index (χ1n) is 11.4. The Bertz CT molecular complexity index is 1380. The van der Waals surface area contributed by atoms with E-state index in [4.69, 9.17) is 0 Å². The van der Waals surface area contributed by atoms with E-state index in [1.165, 1.54) is 6.07 Å². The van der Waals surface area contributed by atoms with Gasteiger partial charge in [0.1, 0.15) is 18.4 Å². The third-order valence-electron chi connectivity index (χ3n) is 6.09. The molecule has 5 rings (SSSR count). The van der Waals surface area contributed by atoms with E-state index in [0.717, 1.165) is 28.0 Å². The Morgan fingerprint density at radius 2 is 1.66 bits per heavy atom. The molecule has 0 unspecified atom stereocenters. The third-order valence-corrected chi connectivity index (χ3v) is 6.09. The highest BCUT2D eigenvalue weighted by Gasteiger charge is 2.31. The predicted octanol–water partition coefficient (Wildman–Crippen LogP) is 4.20. The van der Waals surface area contributed by atoms with Gasteiger partial charge in [0.05, 0.1) is 5.70 Å². The molecule has 35 heavy (non-hydrogen) atoms. The molecule has 4 aromatic rings. The van der Waals surface area contributed by atoms with Crippen molar-refractivity contribution in [3.05, 3.63) is 113 Å². The molecule has 3 aromatic carbocycles. The molecular formula is C27H25FN6O. The molecule has 1 aliphatic heterocycles. The first-order valence-corrected chi connectivity index (χ1v) is 11.4. The van der Waals surface area contributed by atoms with Gasteiger partial charge >= 0.3 is 0 Å². The van der Waals surface area contributed by atoms with Crippen LogP contribution in [-0.2, 0) is 11.3 Å². The van der Waals surface area contributed by atoms with Crippen LogP contribution in [0.5, 0.6) is 0 Å². The summed E-state index contributed by atoms with van der Waals surface area (Å²) < 4.78 is 15.7. The van der Waals surface area contributed by atoms with E-state index in [9.17, 15) is 9.18 Å². The quantitative estimate of drug-likeness (QED) is 0.459. The van der Waals surface area contributed by atoms with Crippen LogP contribution < -0.4 is 10.2 Å². The number of fused-ring (bicyclic) bond motifs is 1. The average Bonchev–Trinajstić information content (AvgIpc) is 3.35. The number of hydrogen-bond acceptors (Lipinski definition) is 5. The number of anilines is 1. The van der Waals surface area contributed by atoms with Crippen molar-refractivity contribution in [2.45, 2.75) is 26.4 Å². The zero-order valence-corrected chi connectivity index (χ0v) is 19.5. The molecule has 1 N–H and O–H groups in total. The molecule has 1 aromatic heterocycles. The lowest BCUT2D eigenvalue weighted by atomic mass is 9.99. The van der Waals surface area contributed by atoms with Gasteiger partial charge in [0.25, 0.3) is 5.95 Å². The van der Waals surface area contributed by atoms with Crippen molar-refractivity contribution in [2.24, 2.45) is 0 Å². The molecule has 1 atom stereocenters. The fourth-order valence-electron chi connectivity index (χ4n) is 4.13. The summed E-state index contributed by atoms with van der Waals surface area (Å²) in [5.41, 5.74) is 5.55. The second-order valence-corrected chi connectivity index (χ2v) is 8.65. The Balaban J connectivity index is 1.48. The van der Waals surface area contributed by atoms with E-state index >= 15 is 0 Å². The second-order valence-electron chi connectivity index (χ2n) is 8.65. The number of amides is 1. The average molecular weight is 469 g/mol. The van der Waals surface area contributed by atoms with Gasteiger partial charge in [-0.25, -0.2) is 4.39 Å². The molecule has 7 nitrogen and oxygen atoms in total. The zero-order chi connectivity index (χ0) is 24.4. The molecular weight excluding hydrogens is 443 g/mol. The number of hydrogen-bond donors (Lipinski definition) is 1. The van der Waals surface area contributed by atoms with Gasteiger partial charge < -0.3 is 5.32 Å². The maximum Gasteiger partial charge on any atom is 0.251 e. The van der Waals surface area contributed by atoms with Crippen LogP contribution in [0, 0.1) is 19.7 Å². The fraction of sp³-hybridized carbons (Fsp3) is 0.185. The second kappa shape index (κ2) is 9.50. The topological polar surface area (TPSA) is 75.9 Å². The molecule has 0 bridgehead atoms. The highest BCUT2D eigenvalue weighted by molar-refractivity contribution is 5.89. The van der Waals surface area contributed by atoms with Crippen LogP contribution in [0.25, 0.3) is 5.70 Å². The molecule has 1 aliphatic rings. The number of rotatable bonds is 6. The number of tetrazole rings is 1. The summed E-state index contributed by atoms with van der Waals surface area (Å²) in [6, 6.07) is 22.5. The van der Waals surface area contributed by atoms with Crippen LogP contribution in [0.2, 0.25) is 0 Å². The van der Waals surface area contributed by atoms with E-state index in [-0.39, 0.29) is 30.9 Å². The predicted molar refractivity (Wildman–Crippen MR) is 132 cm³/mol. The lowest BCUT2D eigenvalue weighted by Gasteiger charge is -2.32. The summed E-state index contributed by atoms with van der Waals surface area (Å²) in [5.74, 6) is -0.153. The third kappa shape index (κ3) is 4.68. The molecule has 1 amide bonds. The minimum Gasteiger partial charge on any atom is -0.350 e. The van der Waals surface area contributed by atoms with Gasteiger partial charge in [0.15, 0.2) is 0 Å². The molecule has 0 fully saturated rings. The largest absolute Gasteiger partial charge is 0.350 e. The van der Waals surface area contributed by atoms with Gasteiger partial charge in [-0.2, -0.15) is 4.68 Å². The molecule has 8 heteroatoms. The number of nitrogens with one attached hydrogen (secondary N) is 1. The number of carbonyl (C=O) groups is 1. The van der Waals surface area contributed by atoms with Gasteiger partial charge in [-0.1, -0.05) is 83.0 Å². The number of nitrogens with zero attached hydrogens (tertiary/aromatic N) is 5. The smallest absolute Gasteiger partial charge is 0.251 e. The normalized spacial score (nSPS) is 14.9. The van der Waals surface area contributed by atoms with Gasteiger partial charge in [0, 0.05) is 12.1 Å². The molecule has 0 aliphatic carbocycles. The van der Waals surface area contributed by atoms with E-state index in [2.05, 4.69) is 51.2 Å². The summed E-state index contributed by atoms with van der Waals surface area (Å²) in [7, 11) is 0. The Hall–Kier alpha value is -4.33. The van der Waals surface area contributed by atoms with Crippen molar-refractivity contribution in [2.75, 3.05) is 11.4 Å². The maximum atomic E-state index is 14.0. The van der Waals surface area contributed by atoms with Crippen molar-refractivity contribution in [3.8, 4) is 0 Å². The number of carbonyl (C=O) groups excluding carboxylic acids is 1. The zero-order valence-electron chi connectivity index (χ0n) is 19.5. The highest BCUT2D eigenvalue weighted by atomic mass is 19.1. The molecule has 2 heterocycles. The SMILES string of the molecule is Cc1ccc(C2=C[C@@H](c3ccc(C)cc3)n3nnnc3N2CC(=O)NCc2ccccc2F)cc1. The Labute approximate surface area is 202 Å². The fourth-order valence-corrected chi connectivity index (χ4v) is 4.13. The summed E-state index contributed by atoms with van der Waals surface area (Å²) in [6.45, 7) is 4.15. The van der Waals surface area contributed by atoms with E-state index in [0.29, 0.717) is 11.5 Å². The van der Waals surface area contributed by atoms with Crippen molar-refractivity contribution >= 4 is 17.6 Å². The van der Waals surface area contributed by atoms with Crippen molar-refractivity contribution < 1.29 is 9.18 Å². The number of aryl methyl sites for hydroxylation is 2. The molecule has 0 radical (unpaired) electrons. The van der Waals surface area contributed by atoms with Gasteiger partial charge in [-0.15, -0.1) is 0 Å². The lowest BCUT2D eigenvalue weighted by Crippen LogP contribution is -2.40. The summed E-state index contributed by atoms with van der Waals surface area (Å²) >= 11 is 0. The standard InChI is InChI=1S/C27H25FN6O/c1-18-7-11-20(12-8-18)24-15-25(21-13-9-19(2)10-14-21)34-27(30-31-32-34)33(24)17-26(35)29-16-22-5-3-4-6-23(22)28/h3-15,25H,16-17H2,1-2H3,(H,29,35)/t25-/m0/s1. The maximum absolute atomic E-state index is 14.0. The minimum absolute atomic E-state index is 0.0187. The molecule has 0 spiro atoms. The molecule has 0 saturated heterocycles. The number of allylic oxidation sites excluding steroid dienone is 1. The van der Waals surface area contributed by atoms with Crippen LogP contribution in [0.1, 0.15) is 33.9 Å². The van der Waals surface area contributed by atoms with Crippen LogP contribution >= 0.6 is 0 Å². The first-order chi connectivity index (χ1) is 17.0. The monoisotopic (exact) mass is 468 g/mol. The van der Waals surface area contributed by atoms with Crippen molar-refractivity contribution in [1.29, 1.82) is 0 Å². The van der Waals surface area contributed by atoms with Gasteiger partial charge in [-0.05, 0) is 47.5 Å². The molecule has 176 valence electrons. The van der Waals surface area contributed by atoms with Crippen molar-refractivity contribution in [3.63, 3.8) is 0 Å². The first kappa shape index (κ1) is 22.5. The number of halogens is 1. The summed E-state index contributed by atoms with van der Waals surface area (Å²) in [6.07, 6.45) is 2.07. The summed E-state index contributed by atoms with van der Waals surface area (Å²) in [4.78, 5) is 14.8. The van der Waals surface area contributed by atoms with Crippen LogP contribution in [0.4, 0.5) is 10.3 Å². The van der Waals surface area contributed by atoms with Crippen molar-refractivity contribution in [1.82, 2.24) is 25.5 Å². The Morgan fingerprint density at radius 1 is 0.971 bits per heavy atom.